The number of thiazole rings is 1. The Morgan fingerprint density at radius 1 is 1.25 bits per heavy atom. The molecule has 0 spiro atoms. The molecule has 108 valence electrons. The number of nitrogens with zero attached hydrogens (tertiary/aromatic N) is 1. The molecule has 0 bridgehead atoms. The number of hydrogen-bond acceptors (Lipinski definition) is 3. The summed E-state index contributed by atoms with van der Waals surface area (Å²) in [6, 6.07) is 8.83. The van der Waals surface area contributed by atoms with Crippen LogP contribution in [0.1, 0.15) is 62.2 Å². The van der Waals surface area contributed by atoms with Gasteiger partial charge in [-0.1, -0.05) is 58.9 Å². The first-order valence-corrected chi connectivity index (χ1v) is 7.93. The lowest BCUT2D eigenvalue weighted by Gasteiger charge is -2.17. The summed E-state index contributed by atoms with van der Waals surface area (Å²) in [6.45, 7) is 11.0. The maximum atomic E-state index is 5.92. The lowest BCUT2D eigenvalue weighted by molar-refractivity contribution is 0.568. The van der Waals surface area contributed by atoms with Crippen LogP contribution in [0.5, 0.6) is 0 Å². The average molecular weight is 288 g/mol. The lowest BCUT2D eigenvalue weighted by Crippen LogP contribution is -2.14. The van der Waals surface area contributed by atoms with E-state index in [0.717, 1.165) is 12.1 Å². The van der Waals surface area contributed by atoms with E-state index in [2.05, 4.69) is 63.9 Å². The normalized spacial score (nSPS) is 12.1. The van der Waals surface area contributed by atoms with Gasteiger partial charge in [0.05, 0.1) is 5.69 Å². The summed E-state index contributed by atoms with van der Waals surface area (Å²) in [4.78, 5) is 5.82. The summed E-state index contributed by atoms with van der Waals surface area (Å²) >= 11 is 1.62. The molecule has 1 aromatic carbocycles. The zero-order valence-corrected chi connectivity index (χ0v) is 13.8. The molecule has 1 aromatic heterocycles. The van der Waals surface area contributed by atoms with Crippen molar-refractivity contribution in [1.29, 1.82) is 0 Å². The fraction of sp³-hybridized carbons (Fsp3) is 0.471. The Kier molecular flexibility index (Phi) is 4.19. The van der Waals surface area contributed by atoms with Gasteiger partial charge >= 0.3 is 0 Å². The van der Waals surface area contributed by atoms with E-state index >= 15 is 0 Å². The van der Waals surface area contributed by atoms with Gasteiger partial charge < -0.3 is 5.73 Å². The smallest absolute Gasteiger partial charge is 0.180 e. The summed E-state index contributed by atoms with van der Waals surface area (Å²) in [6.07, 6.45) is 0.919. The molecule has 0 saturated heterocycles. The number of aromatic nitrogens is 1. The van der Waals surface area contributed by atoms with Gasteiger partial charge in [0.15, 0.2) is 5.13 Å². The van der Waals surface area contributed by atoms with Gasteiger partial charge in [-0.2, -0.15) is 0 Å². The van der Waals surface area contributed by atoms with Gasteiger partial charge in [-0.3, -0.25) is 0 Å². The van der Waals surface area contributed by atoms with Crippen molar-refractivity contribution in [2.24, 2.45) is 0 Å². The number of hydrogen-bond donors (Lipinski definition) is 1. The van der Waals surface area contributed by atoms with Crippen molar-refractivity contribution in [1.82, 2.24) is 4.98 Å². The molecule has 0 aliphatic rings. The Bertz CT molecular complexity index is 591. The van der Waals surface area contributed by atoms with E-state index in [1.165, 1.54) is 16.0 Å². The minimum Gasteiger partial charge on any atom is -0.375 e. The second kappa shape index (κ2) is 5.57. The molecule has 2 nitrogen and oxygen atoms in total. The zero-order valence-electron chi connectivity index (χ0n) is 13.0. The monoisotopic (exact) mass is 288 g/mol. The standard InChI is InChI=1S/C17H24N2S/c1-11(2)13-8-6-7-12(9-13)10-14-15(17(3,4)5)19-16(18)20-14/h6-9,11H,10H2,1-5H3,(H2,18,19). The minimum absolute atomic E-state index is 0.0408. The molecule has 0 aliphatic heterocycles. The number of rotatable bonds is 3. The van der Waals surface area contributed by atoms with Crippen LogP contribution in [0, 0.1) is 0 Å². The summed E-state index contributed by atoms with van der Waals surface area (Å²) in [5, 5.41) is 0.671. The van der Waals surface area contributed by atoms with Gasteiger partial charge in [0, 0.05) is 16.7 Å². The largest absolute Gasteiger partial charge is 0.375 e. The molecule has 3 heteroatoms. The van der Waals surface area contributed by atoms with Crippen LogP contribution >= 0.6 is 11.3 Å². The topological polar surface area (TPSA) is 38.9 Å². The highest BCUT2D eigenvalue weighted by Crippen LogP contribution is 2.32. The van der Waals surface area contributed by atoms with Crippen molar-refractivity contribution < 1.29 is 0 Å². The highest BCUT2D eigenvalue weighted by molar-refractivity contribution is 7.15. The Morgan fingerprint density at radius 2 is 1.95 bits per heavy atom. The van der Waals surface area contributed by atoms with Crippen molar-refractivity contribution in [2.45, 2.75) is 52.4 Å². The second-order valence-corrected chi connectivity index (χ2v) is 7.77. The van der Waals surface area contributed by atoms with Crippen LogP contribution in [0.3, 0.4) is 0 Å². The molecule has 0 amide bonds. The first-order chi connectivity index (χ1) is 9.27. The molecule has 0 radical (unpaired) electrons. The van der Waals surface area contributed by atoms with E-state index < -0.39 is 0 Å². The zero-order chi connectivity index (χ0) is 14.9. The molecule has 2 aromatic rings. The molecule has 0 saturated carbocycles. The first kappa shape index (κ1) is 15.0. The third-order valence-corrected chi connectivity index (χ3v) is 4.29. The number of anilines is 1. The fourth-order valence-corrected chi connectivity index (χ4v) is 3.40. The van der Waals surface area contributed by atoms with Crippen molar-refractivity contribution in [3.05, 3.63) is 46.0 Å². The van der Waals surface area contributed by atoms with Crippen molar-refractivity contribution in [3.8, 4) is 0 Å². The lowest BCUT2D eigenvalue weighted by atomic mass is 9.90. The van der Waals surface area contributed by atoms with Crippen molar-refractivity contribution >= 4 is 16.5 Å². The molecule has 0 aliphatic carbocycles. The quantitative estimate of drug-likeness (QED) is 0.886. The summed E-state index contributed by atoms with van der Waals surface area (Å²) < 4.78 is 0. The molecular formula is C17H24N2S. The van der Waals surface area contributed by atoms with Gasteiger partial charge in [-0.05, 0) is 17.0 Å². The van der Waals surface area contributed by atoms with Crippen LogP contribution in [0.25, 0.3) is 0 Å². The Hall–Kier alpha value is -1.35. The van der Waals surface area contributed by atoms with E-state index in [4.69, 9.17) is 5.73 Å². The predicted octanol–water partition coefficient (Wildman–Crippen LogP) is 4.74. The molecule has 0 fully saturated rings. The maximum absolute atomic E-state index is 5.92. The molecule has 2 N–H and O–H groups in total. The van der Waals surface area contributed by atoms with E-state index in [0.29, 0.717) is 11.0 Å². The SMILES string of the molecule is CC(C)c1cccc(Cc2sc(N)nc2C(C)(C)C)c1. The Balaban J connectivity index is 2.33. The third-order valence-electron chi connectivity index (χ3n) is 3.41. The van der Waals surface area contributed by atoms with E-state index in [1.54, 1.807) is 11.3 Å². The van der Waals surface area contributed by atoms with E-state index in [9.17, 15) is 0 Å². The Labute approximate surface area is 126 Å². The van der Waals surface area contributed by atoms with Crippen LogP contribution in [0.2, 0.25) is 0 Å². The van der Waals surface area contributed by atoms with Gasteiger partial charge in [0.1, 0.15) is 0 Å². The summed E-state index contributed by atoms with van der Waals surface area (Å²) in [5.41, 5.74) is 9.81. The fourth-order valence-electron chi connectivity index (χ4n) is 2.32. The Morgan fingerprint density at radius 3 is 2.55 bits per heavy atom. The van der Waals surface area contributed by atoms with Gasteiger partial charge in [-0.25, -0.2) is 4.98 Å². The predicted molar refractivity (Wildman–Crippen MR) is 88.6 cm³/mol. The average Bonchev–Trinajstić information content (AvgIpc) is 2.70. The van der Waals surface area contributed by atoms with E-state index in [-0.39, 0.29) is 5.41 Å². The highest BCUT2D eigenvalue weighted by atomic mass is 32.1. The highest BCUT2D eigenvalue weighted by Gasteiger charge is 2.22. The van der Waals surface area contributed by atoms with Crippen LogP contribution < -0.4 is 5.73 Å². The molecule has 0 unspecified atom stereocenters. The molecule has 2 rings (SSSR count). The molecule has 0 atom stereocenters. The maximum Gasteiger partial charge on any atom is 0.180 e. The number of nitrogen functional groups attached to an aromatic ring is 1. The van der Waals surface area contributed by atoms with Gasteiger partial charge in [-0.15, -0.1) is 11.3 Å². The van der Waals surface area contributed by atoms with Crippen LogP contribution in [0.15, 0.2) is 24.3 Å². The van der Waals surface area contributed by atoms with Crippen molar-refractivity contribution in [2.75, 3.05) is 5.73 Å². The van der Waals surface area contributed by atoms with E-state index in [1.807, 2.05) is 0 Å². The van der Waals surface area contributed by atoms with Crippen LogP contribution in [-0.4, -0.2) is 4.98 Å². The summed E-state index contributed by atoms with van der Waals surface area (Å²) in [7, 11) is 0. The minimum atomic E-state index is 0.0408. The number of nitrogens with two attached hydrogens (primary N) is 1. The van der Waals surface area contributed by atoms with Crippen LogP contribution in [0.4, 0.5) is 5.13 Å². The molecular weight excluding hydrogens is 264 g/mol. The van der Waals surface area contributed by atoms with Crippen LogP contribution in [-0.2, 0) is 11.8 Å². The van der Waals surface area contributed by atoms with Gasteiger partial charge in [0.25, 0.3) is 0 Å². The third kappa shape index (κ3) is 3.40. The van der Waals surface area contributed by atoms with Crippen molar-refractivity contribution in [3.63, 3.8) is 0 Å². The summed E-state index contributed by atoms with van der Waals surface area (Å²) in [5.74, 6) is 0.559. The molecule has 1 heterocycles. The molecule has 20 heavy (non-hydrogen) atoms. The van der Waals surface area contributed by atoms with Gasteiger partial charge in [0.2, 0.25) is 0 Å². The first-order valence-electron chi connectivity index (χ1n) is 7.12. The number of benzene rings is 1. The second-order valence-electron chi connectivity index (χ2n) is 6.65.